The minimum absolute atomic E-state index is 0.207. The van der Waals surface area contributed by atoms with Crippen molar-refractivity contribution in [3.63, 3.8) is 0 Å². The monoisotopic (exact) mass is 251 g/mol. The summed E-state index contributed by atoms with van der Waals surface area (Å²) in [7, 11) is 0. The number of rotatable bonds is 3. The highest BCUT2D eigenvalue weighted by Gasteiger charge is 2.22. The lowest BCUT2D eigenvalue weighted by molar-refractivity contribution is 0.343. The van der Waals surface area contributed by atoms with E-state index in [1.54, 1.807) is 0 Å². The van der Waals surface area contributed by atoms with Crippen LogP contribution in [0, 0.1) is 0 Å². The molecule has 0 bridgehead atoms. The maximum Gasteiger partial charge on any atom is 0.0436 e. The number of nitrogens with one attached hydrogen (secondary N) is 1. The van der Waals surface area contributed by atoms with Crippen molar-refractivity contribution in [2.24, 2.45) is 5.73 Å². The number of thiophene rings is 1. The molecule has 1 fully saturated rings. The molecule has 3 N–H and O–H groups in total. The molecule has 0 saturated carbocycles. The van der Waals surface area contributed by atoms with Crippen LogP contribution in [0.25, 0.3) is 0 Å². The maximum atomic E-state index is 6.21. The van der Waals surface area contributed by atoms with Gasteiger partial charge in [-0.2, -0.15) is 0 Å². The molecule has 94 valence electrons. The molecule has 0 aliphatic carbocycles. The highest BCUT2D eigenvalue weighted by Crippen LogP contribution is 2.30. The van der Waals surface area contributed by atoms with Gasteiger partial charge in [-0.25, -0.2) is 0 Å². The Morgan fingerprint density at radius 3 is 3.06 bits per heavy atom. The van der Waals surface area contributed by atoms with Gasteiger partial charge >= 0.3 is 0 Å². The van der Waals surface area contributed by atoms with E-state index in [0.29, 0.717) is 0 Å². The molecule has 4 heteroatoms. The van der Waals surface area contributed by atoms with Crippen molar-refractivity contribution in [1.82, 2.24) is 10.2 Å². The fraction of sp³-hybridized carbons (Fsp3) is 0.692. The lowest BCUT2D eigenvalue weighted by atomic mass is 9.98. The molecule has 1 unspecified atom stereocenters. The van der Waals surface area contributed by atoms with Gasteiger partial charge in [-0.1, -0.05) is 0 Å². The third kappa shape index (κ3) is 2.40. The van der Waals surface area contributed by atoms with E-state index < -0.39 is 0 Å². The van der Waals surface area contributed by atoms with Crippen LogP contribution < -0.4 is 11.1 Å². The van der Waals surface area contributed by atoms with Crippen LogP contribution in [0.3, 0.4) is 0 Å². The first-order valence-corrected chi connectivity index (χ1v) is 7.50. The Bertz CT molecular complexity index is 382. The van der Waals surface area contributed by atoms with Crippen molar-refractivity contribution in [2.45, 2.75) is 31.8 Å². The number of hydrogen-bond donors (Lipinski definition) is 2. The Morgan fingerprint density at radius 1 is 1.41 bits per heavy atom. The van der Waals surface area contributed by atoms with Crippen molar-refractivity contribution < 1.29 is 0 Å². The molecule has 0 radical (unpaired) electrons. The third-order valence-corrected chi connectivity index (χ3v) is 4.96. The third-order valence-electron chi connectivity index (χ3n) is 3.91. The molecule has 3 nitrogen and oxygen atoms in total. The van der Waals surface area contributed by atoms with E-state index in [9.17, 15) is 0 Å². The van der Waals surface area contributed by atoms with Gasteiger partial charge in [-0.15, -0.1) is 11.3 Å². The molecule has 1 aromatic heterocycles. The highest BCUT2D eigenvalue weighted by atomic mass is 32.1. The minimum Gasteiger partial charge on any atom is -0.323 e. The van der Waals surface area contributed by atoms with Crippen molar-refractivity contribution in [2.75, 3.05) is 26.2 Å². The fourth-order valence-electron chi connectivity index (χ4n) is 2.95. The molecule has 0 spiro atoms. The zero-order valence-electron chi connectivity index (χ0n) is 10.2. The van der Waals surface area contributed by atoms with Crippen LogP contribution >= 0.6 is 11.3 Å². The SMILES string of the molecule is NC1CNCc2scc(CCN3CCCC3)c21. The summed E-state index contributed by atoms with van der Waals surface area (Å²) in [4.78, 5) is 4.04. The summed E-state index contributed by atoms with van der Waals surface area (Å²) in [5.41, 5.74) is 9.16. The van der Waals surface area contributed by atoms with Gasteiger partial charge < -0.3 is 16.0 Å². The summed E-state index contributed by atoms with van der Waals surface area (Å²) in [6.45, 7) is 5.74. The van der Waals surface area contributed by atoms with Crippen LogP contribution in [0.2, 0.25) is 0 Å². The van der Waals surface area contributed by atoms with Crippen molar-refractivity contribution in [1.29, 1.82) is 0 Å². The van der Waals surface area contributed by atoms with Gasteiger partial charge in [0.1, 0.15) is 0 Å². The normalized spacial score (nSPS) is 25.1. The van der Waals surface area contributed by atoms with Gasteiger partial charge in [0.15, 0.2) is 0 Å². The van der Waals surface area contributed by atoms with Gasteiger partial charge in [0, 0.05) is 30.6 Å². The van der Waals surface area contributed by atoms with E-state index in [1.807, 2.05) is 11.3 Å². The summed E-state index contributed by atoms with van der Waals surface area (Å²) in [6, 6.07) is 0.207. The second kappa shape index (κ2) is 5.06. The molecule has 3 rings (SSSR count). The van der Waals surface area contributed by atoms with Gasteiger partial charge in [0.25, 0.3) is 0 Å². The van der Waals surface area contributed by atoms with Gasteiger partial charge in [0.05, 0.1) is 0 Å². The largest absolute Gasteiger partial charge is 0.323 e. The molecule has 1 atom stereocenters. The number of likely N-dealkylation sites (tertiary alicyclic amines) is 1. The van der Waals surface area contributed by atoms with E-state index in [0.717, 1.165) is 13.1 Å². The number of hydrogen-bond acceptors (Lipinski definition) is 4. The van der Waals surface area contributed by atoms with Crippen LogP contribution in [0.15, 0.2) is 5.38 Å². The van der Waals surface area contributed by atoms with Crippen LogP contribution in [-0.2, 0) is 13.0 Å². The first-order valence-electron chi connectivity index (χ1n) is 6.62. The maximum absolute atomic E-state index is 6.21. The van der Waals surface area contributed by atoms with Crippen LogP contribution in [0.5, 0.6) is 0 Å². The predicted molar refractivity (Wildman–Crippen MR) is 72.3 cm³/mol. The predicted octanol–water partition coefficient (Wildman–Crippen LogP) is 1.49. The molecular weight excluding hydrogens is 230 g/mol. The Balaban J connectivity index is 1.68. The molecule has 0 aromatic carbocycles. The Kier molecular flexibility index (Phi) is 3.47. The first-order chi connectivity index (χ1) is 8.34. The van der Waals surface area contributed by atoms with Crippen molar-refractivity contribution in [3.8, 4) is 0 Å². The summed E-state index contributed by atoms with van der Waals surface area (Å²) in [5, 5.41) is 5.70. The lowest BCUT2D eigenvalue weighted by Gasteiger charge is -2.22. The summed E-state index contributed by atoms with van der Waals surface area (Å²) in [6.07, 6.45) is 3.94. The molecule has 17 heavy (non-hydrogen) atoms. The van der Waals surface area contributed by atoms with Gasteiger partial charge in [-0.05, 0) is 48.9 Å². The zero-order chi connectivity index (χ0) is 11.7. The van der Waals surface area contributed by atoms with Crippen molar-refractivity contribution in [3.05, 3.63) is 21.4 Å². The molecule has 2 aliphatic rings. The minimum atomic E-state index is 0.207. The Labute approximate surface area is 107 Å². The average molecular weight is 251 g/mol. The number of fused-ring (bicyclic) bond motifs is 1. The highest BCUT2D eigenvalue weighted by molar-refractivity contribution is 7.10. The summed E-state index contributed by atoms with van der Waals surface area (Å²) in [5.74, 6) is 0. The average Bonchev–Trinajstić information content (AvgIpc) is 2.95. The molecule has 0 amide bonds. The smallest absolute Gasteiger partial charge is 0.0436 e. The molecule has 1 saturated heterocycles. The first kappa shape index (κ1) is 11.7. The Hall–Kier alpha value is -0.420. The van der Waals surface area contributed by atoms with E-state index in [2.05, 4.69) is 15.6 Å². The van der Waals surface area contributed by atoms with E-state index in [1.165, 1.54) is 54.9 Å². The molecular formula is C13H21N3S. The lowest BCUT2D eigenvalue weighted by Crippen LogP contribution is -2.32. The summed E-state index contributed by atoms with van der Waals surface area (Å²) >= 11 is 1.88. The number of nitrogens with zero attached hydrogens (tertiary/aromatic N) is 1. The molecule has 1 aromatic rings. The second-order valence-corrected chi connectivity index (χ2v) is 6.10. The van der Waals surface area contributed by atoms with E-state index in [-0.39, 0.29) is 6.04 Å². The van der Waals surface area contributed by atoms with Gasteiger partial charge in [-0.3, -0.25) is 0 Å². The fourth-order valence-corrected chi connectivity index (χ4v) is 4.08. The summed E-state index contributed by atoms with van der Waals surface area (Å²) < 4.78 is 0. The van der Waals surface area contributed by atoms with E-state index >= 15 is 0 Å². The zero-order valence-corrected chi connectivity index (χ0v) is 11.1. The second-order valence-electron chi connectivity index (χ2n) is 5.13. The van der Waals surface area contributed by atoms with Gasteiger partial charge in [0.2, 0.25) is 0 Å². The Morgan fingerprint density at radius 2 is 2.24 bits per heavy atom. The van der Waals surface area contributed by atoms with Crippen molar-refractivity contribution >= 4 is 11.3 Å². The van der Waals surface area contributed by atoms with Crippen LogP contribution in [0.4, 0.5) is 0 Å². The van der Waals surface area contributed by atoms with Crippen LogP contribution in [-0.4, -0.2) is 31.1 Å². The quantitative estimate of drug-likeness (QED) is 0.855. The van der Waals surface area contributed by atoms with E-state index in [4.69, 9.17) is 5.73 Å². The number of nitrogens with two attached hydrogens (primary N) is 1. The standard InChI is InChI=1S/C13H21N3S/c14-11-7-15-8-12-13(11)10(9-17-12)3-6-16-4-1-2-5-16/h9,11,15H,1-8,14H2. The van der Waals surface area contributed by atoms with Crippen LogP contribution in [0.1, 0.15) is 34.9 Å². The molecule has 3 heterocycles. The topological polar surface area (TPSA) is 41.3 Å². The molecule has 2 aliphatic heterocycles.